The number of anilines is 3. The molecule has 1 heteroatoms. The third-order valence-corrected chi connectivity index (χ3v) is 16.3. The average molecular weight is 766 g/mol. The molecular formula is C58H55N. The lowest BCUT2D eigenvalue weighted by Crippen LogP contribution is -2.55. The molecular weight excluding hydrogens is 711 g/mol. The fraction of sp³-hybridized carbons (Fsp3) is 0.310. The van der Waals surface area contributed by atoms with Crippen LogP contribution in [0.5, 0.6) is 0 Å². The Morgan fingerprint density at radius 1 is 0.441 bits per heavy atom. The highest BCUT2D eigenvalue weighted by Crippen LogP contribution is 2.69. The SMILES string of the molecule is CC1(C)CCC(C)(C)c2c(N(c3ccc(-c4ccc5c(c4)C4(c6ccccc6-5)C5CC6CC(C5)CC4C6)cc3)c3ccc(-c4cccc5ccccc45)cc3)cccc21. The minimum absolute atomic E-state index is 0.0540. The van der Waals surface area contributed by atoms with Crippen LogP contribution in [-0.4, -0.2) is 0 Å². The molecule has 4 saturated carbocycles. The number of rotatable bonds is 5. The van der Waals surface area contributed by atoms with Gasteiger partial charge in [0.05, 0.1) is 5.69 Å². The molecule has 0 atom stereocenters. The maximum absolute atomic E-state index is 2.63. The summed E-state index contributed by atoms with van der Waals surface area (Å²) >= 11 is 0. The Morgan fingerprint density at radius 2 is 1.00 bits per heavy atom. The van der Waals surface area contributed by atoms with Crippen molar-refractivity contribution < 1.29 is 0 Å². The molecule has 13 rings (SSSR count). The smallest absolute Gasteiger partial charge is 0.0502 e. The summed E-state index contributed by atoms with van der Waals surface area (Å²) in [5.74, 6) is 3.43. The molecule has 0 aromatic heterocycles. The van der Waals surface area contributed by atoms with Gasteiger partial charge in [-0.15, -0.1) is 0 Å². The van der Waals surface area contributed by atoms with Crippen molar-refractivity contribution in [2.24, 2.45) is 23.7 Å². The van der Waals surface area contributed by atoms with Gasteiger partial charge in [0.1, 0.15) is 0 Å². The van der Waals surface area contributed by atoms with Gasteiger partial charge in [-0.25, -0.2) is 0 Å². The molecule has 0 saturated heterocycles. The van der Waals surface area contributed by atoms with Gasteiger partial charge in [0.15, 0.2) is 0 Å². The van der Waals surface area contributed by atoms with E-state index >= 15 is 0 Å². The van der Waals surface area contributed by atoms with Crippen LogP contribution >= 0.6 is 0 Å². The van der Waals surface area contributed by atoms with Gasteiger partial charge < -0.3 is 4.90 Å². The molecule has 0 amide bonds. The highest BCUT2D eigenvalue weighted by Gasteiger charge is 2.61. The van der Waals surface area contributed by atoms with Gasteiger partial charge in [0.25, 0.3) is 0 Å². The molecule has 7 aromatic rings. The Kier molecular flexibility index (Phi) is 7.71. The molecule has 0 heterocycles. The third kappa shape index (κ3) is 5.22. The Morgan fingerprint density at radius 3 is 1.75 bits per heavy atom. The molecule has 1 nitrogen and oxygen atoms in total. The molecule has 7 aromatic carbocycles. The highest BCUT2D eigenvalue weighted by atomic mass is 15.1. The predicted octanol–water partition coefficient (Wildman–Crippen LogP) is 15.7. The summed E-state index contributed by atoms with van der Waals surface area (Å²) in [7, 11) is 0. The molecule has 6 aliphatic carbocycles. The third-order valence-electron chi connectivity index (χ3n) is 16.3. The van der Waals surface area contributed by atoms with E-state index in [4.69, 9.17) is 0 Å². The zero-order valence-electron chi connectivity index (χ0n) is 35.1. The van der Waals surface area contributed by atoms with Crippen LogP contribution in [0.3, 0.4) is 0 Å². The fourth-order valence-corrected chi connectivity index (χ4v) is 13.7. The molecule has 0 unspecified atom stereocenters. The molecule has 4 bridgehead atoms. The van der Waals surface area contributed by atoms with Gasteiger partial charge in [-0.05, 0) is 182 Å². The van der Waals surface area contributed by atoms with Gasteiger partial charge >= 0.3 is 0 Å². The number of hydrogen-bond acceptors (Lipinski definition) is 1. The van der Waals surface area contributed by atoms with E-state index in [2.05, 4.69) is 184 Å². The lowest BCUT2D eigenvalue weighted by Gasteiger charge is -2.61. The largest absolute Gasteiger partial charge is 0.310 e. The van der Waals surface area contributed by atoms with Crippen molar-refractivity contribution >= 4 is 27.8 Å². The van der Waals surface area contributed by atoms with Gasteiger partial charge in [0, 0.05) is 16.8 Å². The molecule has 59 heavy (non-hydrogen) atoms. The first-order chi connectivity index (χ1) is 28.7. The van der Waals surface area contributed by atoms with E-state index in [1.165, 1.54) is 117 Å². The van der Waals surface area contributed by atoms with Crippen LogP contribution in [-0.2, 0) is 16.2 Å². The quantitative estimate of drug-likeness (QED) is 0.169. The minimum Gasteiger partial charge on any atom is -0.310 e. The zero-order valence-corrected chi connectivity index (χ0v) is 35.1. The van der Waals surface area contributed by atoms with E-state index in [9.17, 15) is 0 Å². The second-order valence-corrected chi connectivity index (χ2v) is 20.4. The second kappa shape index (κ2) is 12.8. The summed E-state index contributed by atoms with van der Waals surface area (Å²) in [6.07, 6.45) is 9.50. The van der Waals surface area contributed by atoms with Crippen LogP contribution in [0.4, 0.5) is 17.1 Å². The van der Waals surface area contributed by atoms with Crippen LogP contribution in [0.25, 0.3) is 44.2 Å². The van der Waals surface area contributed by atoms with Crippen molar-refractivity contribution in [3.63, 3.8) is 0 Å². The molecule has 4 fully saturated rings. The number of benzene rings is 7. The Balaban J connectivity index is 0.972. The van der Waals surface area contributed by atoms with E-state index in [1.807, 2.05) is 0 Å². The Labute approximate surface area is 351 Å². The van der Waals surface area contributed by atoms with Gasteiger partial charge in [0.2, 0.25) is 0 Å². The van der Waals surface area contributed by atoms with Gasteiger partial charge in [-0.1, -0.05) is 143 Å². The zero-order chi connectivity index (χ0) is 39.7. The maximum Gasteiger partial charge on any atom is 0.0502 e. The Bertz CT molecular complexity index is 2750. The Hall–Kier alpha value is -5.40. The molecule has 6 aliphatic rings. The molecule has 292 valence electrons. The lowest BCUT2D eigenvalue weighted by atomic mass is 9.43. The minimum atomic E-state index is 0.0540. The summed E-state index contributed by atoms with van der Waals surface area (Å²) < 4.78 is 0. The summed E-state index contributed by atoms with van der Waals surface area (Å²) in [5.41, 5.74) is 18.4. The molecule has 1 spiro atoms. The summed E-state index contributed by atoms with van der Waals surface area (Å²) in [4.78, 5) is 2.54. The second-order valence-electron chi connectivity index (χ2n) is 20.4. The first-order valence-electron chi connectivity index (χ1n) is 22.6. The predicted molar refractivity (Wildman–Crippen MR) is 248 cm³/mol. The summed E-state index contributed by atoms with van der Waals surface area (Å²) in [6.45, 7) is 9.78. The van der Waals surface area contributed by atoms with E-state index < -0.39 is 0 Å². The normalized spacial score (nSPS) is 25.2. The van der Waals surface area contributed by atoms with E-state index in [1.54, 1.807) is 11.1 Å². The van der Waals surface area contributed by atoms with Crippen LogP contribution in [0.15, 0.2) is 152 Å². The van der Waals surface area contributed by atoms with Gasteiger partial charge in [-0.3, -0.25) is 0 Å². The topological polar surface area (TPSA) is 3.24 Å². The standard InChI is InChI=1S/C58H55N/c1-56(2)29-30-57(3,4)55-52(56)17-10-18-54(55)59(46-26-21-41(22-27-46)48-15-9-12-40-11-5-6-13-47(40)48)45-24-19-39(20-25-45)42-23-28-50-49-14-7-8-16-51(49)58(53(50)36-42)43-32-37-31-38(34-43)35-44(58)33-37/h5-28,36-38,43-44H,29-35H2,1-4H3. The van der Waals surface area contributed by atoms with Crippen LogP contribution < -0.4 is 4.90 Å². The molecule has 0 aliphatic heterocycles. The van der Waals surface area contributed by atoms with Crippen molar-refractivity contribution in [2.45, 2.75) is 88.9 Å². The van der Waals surface area contributed by atoms with Crippen molar-refractivity contribution in [1.29, 1.82) is 0 Å². The first kappa shape index (κ1) is 35.5. The first-order valence-corrected chi connectivity index (χ1v) is 22.6. The highest BCUT2D eigenvalue weighted by molar-refractivity contribution is 5.97. The van der Waals surface area contributed by atoms with Crippen LogP contribution in [0.1, 0.15) is 94.9 Å². The lowest BCUT2D eigenvalue weighted by molar-refractivity contribution is -0.0399. The van der Waals surface area contributed by atoms with E-state index in [0.29, 0.717) is 0 Å². The monoisotopic (exact) mass is 765 g/mol. The van der Waals surface area contributed by atoms with Crippen LogP contribution in [0.2, 0.25) is 0 Å². The summed E-state index contributed by atoms with van der Waals surface area (Å²) in [6, 6.07) is 58.3. The number of nitrogens with zero attached hydrogens (tertiary/aromatic N) is 1. The van der Waals surface area contributed by atoms with Crippen LogP contribution in [0, 0.1) is 23.7 Å². The van der Waals surface area contributed by atoms with Crippen molar-refractivity contribution in [3.05, 3.63) is 174 Å². The number of hydrogen-bond donors (Lipinski definition) is 0. The van der Waals surface area contributed by atoms with E-state index in [-0.39, 0.29) is 16.2 Å². The van der Waals surface area contributed by atoms with Crippen molar-refractivity contribution in [3.8, 4) is 33.4 Å². The molecule has 0 N–H and O–H groups in total. The average Bonchev–Trinajstić information content (AvgIpc) is 3.55. The van der Waals surface area contributed by atoms with Crippen molar-refractivity contribution in [1.82, 2.24) is 0 Å². The van der Waals surface area contributed by atoms with Crippen molar-refractivity contribution in [2.75, 3.05) is 4.90 Å². The summed E-state index contributed by atoms with van der Waals surface area (Å²) in [5, 5.41) is 2.57. The fourth-order valence-electron chi connectivity index (χ4n) is 13.7. The van der Waals surface area contributed by atoms with E-state index in [0.717, 1.165) is 23.7 Å². The van der Waals surface area contributed by atoms with Gasteiger partial charge in [-0.2, -0.15) is 0 Å². The maximum atomic E-state index is 2.63. The number of fused-ring (bicyclic) bond motifs is 5. The molecule has 0 radical (unpaired) electrons.